The number of esters is 1. The van der Waals surface area contributed by atoms with Crippen LogP contribution in [-0.2, 0) is 16.1 Å². The van der Waals surface area contributed by atoms with E-state index < -0.39 is 17.8 Å². The van der Waals surface area contributed by atoms with E-state index in [1.54, 1.807) is 44.2 Å². The molecule has 210 valence electrons. The van der Waals surface area contributed by atoms with Gasteiger partial charge < -0.3 is 14.2 Å². The number of ether oxygens (including phenoxy) is 3. The molecule has 41 heavy (non-hydrogen) atoms. The maximum atomic E-state index is 14.2. The highest BCUT2D eigenvalue weighted by Gasteiger charge is 2.33. The van der Waals surface area contributed by atoms with Crippen LogP contribution in [0.15, 0.2) is 87.8 Å². The monoisotopic (exact) mass is 592 g/mol. The molecular formula is C31H26ClFN2O5S. The first-order valence-electron chi connectivity index (χ1n) is 12.8. The summed E-state index contributed by atoms with van der Waals surface area (Å²) >= 11 is 7.35. The number of hydrogen-bond donors (Lipinski definition) is 0. The minimum absolute atomic E-state index is 0.0819. The lowest BCUT2D eigenvalue weighted by Crippen LogP contribution is -2.39. The lowest BCUT2D eigenvalue weighted by atomic mass is 9.96. The minimum atomic E-state index is -0.677. The quantitative estimate of drug-likeness (QED) is 0.264. The van der Waals surface area contributed by atoms with Crippen LogP contribution in [0.1, 0.15) is 36.6 Å². The number of carbonyl (C=O) groups is 1. The van der Waals surface area contributed by atoms with Crippen LogP contribution in [0.3, 0.4) is 0 Å². The summed E-state index contributed by atoms with van der Waals surface area (Å²) < 4.78 is 32.8. The van der Waals surface area contributed by atoms with E-state index in [1.807, 2.05) is 30.3 Å². The highest BCUT2D eigenvalue weighted by molar-refractivity contribution is 7.07. The Bertz CT molecular complexity index is 1810. The lowest BCUT2D eigenvalue weighted by molar-refractivity contribution is -0.139. The van der Waals surface area contributed by atoms with Gasteiger partial charge in [-0.2, -0.15) is 0 Å². The fourth-order valence-corrected chi connectivity index (χ4v) is 5.87. The van der Waals surface area contributed by atoms with Crippen LogP contribution < -0.4 is 24.4 Å². The van der Waals surface area contributed by atoms with Crippen LogP contribution in [-0.4, -0.2) is 24.3 Å². The van der Waals surface area contributed by atoms with Crippen LogP contribution in [0.25, 0.3) is 6.08 Å². The Kier molecular flexibility index (Phi) is 8.37. The van der Waals surface area contributed by atoms with Gasteiger partial charge in [0.2, 0.25) is 0 Å². The zero-order chi connectivity index (χ0) is 29.1. The van der Waals surface area contributed by atoms with Crippen molar-refractivity contribution in [3.8, 4) is 11.5 Å². The summed E-state index contributed by atoms with van der Waals surface area (Å²) in [7, 11) is 1.50. The fraction of sp³-hybridized carbons (Fsp3) is 0.194. The van der Waals surface area contributed by atoms with E-state index in [-0.39, 0.29) is 29.4 Å². The van der Waals surface area contributed by atoms with E-state index in [0.29, 0.717) is 37.7 Å². The van der Waals surface area contributed by atoms with Gasteiger partial charge in [0, 0.05) is 5.56 Å². The van der Waals surface area contributed by atoms with E-state index in [9.17, 15) is 14.0 Å². The summed E-state index contributed by atoms with van der Waals surface area (Å²) in [4.78, 5) is 31.8. The van der Waals surface area contributed by atoms with Crippen molar-refractivity contribution in [3.63, 3.8) is 0 Å². The number of hydrogen-bond acceptors (Lipinski definition) is 7. The average molecular weight is 593 g/mol. The van der Waals surface area contributed by atoms with E-state index in [0.717, 1.165) is 5.56 Å². The fourth-order valence-electron chi connectivity index (χ4n) is 4.61. The largest absolute Gasteiger partial charge is 0.493 e. The molecule has 2 heterocycles. The molecular weight excluding hydrogens is 567 g/mol. The van der Waals surface area contributed by atoms with Crippen molar-refractivity contribution in [3.05, 3.63) is 125 Å². The van der Waals surface area contributed by atoms with E-state index >= 15 is 0 Å². The van der Waals surface area contributed by atoms with Crippen molar-refractivity contribution in [2.45, 2.75) is 26.5 Å². The minimum Gasteiger partial charge on any atom is -0.493 e. The average Bonchev–Trinajstić information content (AvgIpc) is 3.26. The summed E-state index contributed by atoms with van der Waals surface area (Å²) in [5, 5.41) is 0.270. The summed E-state index contributed by atoms with van der Waals surface area (Å²) in [5.41, 5.74) is 2.24. The van der Waals surface area contributed by atoms with Gasteiger partial charge in [0.05, 0.1) is 40.6 Å². The molecule has 0 radical (unpaired) electrons. The summed E-state index contributed by atoms with van der Waals surface area (Å²) in [6.07, 6.45) is 1.73. The van der Waals surface area contributed by atoms with Gasteiger partial charge >= 0.3 is 5.97 Å². The Morgan fingerprint density at radius 2 is 1.90 bits per heavy atom. The number of rotatable bonds is 8. The molecule has 0 aliphatic carbocycles. The molecule has 0 amide bonds. The number of thiazole rings is 1. The second-order valence-corrected chi connectivity index (χ2v) is 10.5. The van der Waals surface area contributed by atoms with Crippen LogP contribution in [0.2, 0.25) is 5.02 Å². The van der Waals surface area contributed by atoms with Gasteiger partial charge in [-0.25, -0.2) is 14.2 Å². The molecule has 0 N–H and O–H groups in total. The van der Waals surface area contributed by atoms with Gasteiger partial charge in [0.1, 0.15) is 12.4 Å². The molecule has 4 aromatic rings. The van der Waals surface area contributed by atoms with Crippen molar-refractivity contribution in [2.75, 3.05) is 13.7 Å². The predicted molar refractivity (Wildman–Crippen MR) is 156 cm³/mol. The number of carbonyl (C=O) groups excluding carboxylic acids is 1. The highest BCUT2D eigenvalue weighted by atomic mass is 35.5. The Labute approximate surface area is 244 Å². The third-order valence-electron chi connectivity index (χ3n) is 6.55. The molecule has 5 rings (SSSR count). The first kappa shape index (κ1) is 28.3. The molecule has 0 spiro atoms. The topological polar surface area (TPSA) is 79.1 Å². The van der Waals surface area contributed by atoms with Crippen molar-refractivity contribution < 1.29 is 23.4 Å². The first-order valence-corrected chi connectivity index (χ1v) is 14.0. The summed E-state index contributed by atoms with van der Waals surface area (Å²) in [6, 6.07) is 18.3. The van der Waals surface area contributed by atoms with Gasteiger partial charge in [0.25, 0.3) is 5.56 Å². The Morgan fingerprint density at radius 1 is 1.12 bits per heavy atom. The maximum absolute atomic E-state index is 14.2. The molecule has 0 saturated carbocycles. The molecule has 7 nitrogen and oxygen atoms in total. The zero-order valence-electron chi connectivity index (χ0n) is 22.5. The van der Waals surface area contributed by atoms with Gasteiger partial charge in [-0.3, -0.25) is 9.36 Å². The second-order valence-electron chi connectivity index (χ2n) is 9.11. The van der Waals surface area contributed by atoms with E-state index in [2.05, 4.69) is 4.99 Å². The summed E-state index contributed by atoms with van der Waals surface area (Å²) in [5.74, 6) is -0.168. The molecule has 1 aromatic heterocycles. The molecule has 3 aromatic carbocycles. The first-order chi connectivity index (χ1) is 19.8. The van der Waals surface area contributed by atoms with Gasteiger partial charge in [-0.15, -0.1) is 0 Å². The molecule has 10 heteroatoms. The van der Waals surface area contributed by atoms with Gasteiger partial charge in [-0.1, -0.05) is 65.4 Å². The van der Waals surface area contributed by atoms with Crippen molar-refractivity contribution in [1.29, 1.82) is 0 Å². The van der Waals surface area contributed by atoms with Crippen LogP contribution in [0.5, 0.6) is 11.5 Å². The Hall–Kier alpha value is -4.21. The van der Waals surface area contributed by atoms with Crippen LogP contribution in [0, 0.1) is 5.82 Å². The molecule has 1 aliphatic rings. The predicted octanol–water partition coefficient (Wildman–Crippen LogP) is 5.18. The number of allylic oxidation sites excluding steroid dienone is 1. The number of methoxy groups -OCH3 is 1. The second kappa shape index (κ2) is 12.1. The third kappa shape index (κ3) is 5.68. The van der Waals surface area contributed by atoms with Crippen molar-refractivity contribution >= 4 is 35.0 Å². The Morgan fingerprint density at radius 3 is 2.61 bits per heavy atom. The molecule has 0 saturated heterocycles. The molecule has 1 aliphatic heterocycles. The number of halogens is 2. The van der Waals surface area contributed by atoms with Crippen LogP contribution >= 0.6 is 22.9 Å². The number of aromatic nitrogens is 1. The molecule has 0 unspecified atom stereocenters. The van der Waals surface area contributed by atoms with Crippen molar-refractivity contribution in [2.24, 2.45) is 4.99 Å². The number of nitrogens with zero attached hydrogens (tertiary/aromatic N) is 2. The van der Waals surface area contributed by atoms with E-state index in [4.69, 9.17) is 25.8 Å². The third-order valence-corrected chi connectivity index (χ3v) is 7.89. The highest BCUT2D eigenvalue weighted by Crippen LogP contribution is 2.32. The van der Waals surface area contributed by atoms with Gasteiger partial charge in [-0.05, 0) is 55.3 Å². The molecule has 0 fully saturated rings. The molecule has 0 bridgehead atoms. The molecule has 1 atom stereocenters. The SMILES string of the molecule is CCOC(=O)C1=C(C)N=c2sc(=Cc3ccc(OCc4c(F)cccc4Cl)c(OC)c3)c(=O)n2[C@H]1c1ccccc1. The van der Waals surface area contributed by atoms with Gasteiger partial charge in [0.15, 0.2) is 16.3 Å². The standard InChI is InChI=1S/C31H26ClFN2O5S/c1-4-39-30(37)27-18(2)34-31-35(28(27)20-9-6-5-7-10-20)29(36)26(41-31)16-19-13-14-24(25(15-19)38-3)40-17-21-22(32)11-8-12-23(21)33/h5-16,28H,4,17H2,1-3H3/t28-/m0/s1. The van der Waals surface area contributed by atoms with Crippen LogP contribution in [0.4, 0.5) is 4.39 Å². The number of fused-ring (bicyclic) bond motifs is 1. The van der Waals surface area contributed by atoms with E-state index in [1.165, 1.54) is 35.1 Å². The zero-order valence-corrected chi connectivity index (χ0v) is 24.1. The number of benzene rings is 3. The van der Waals surface area contributed by atoms with Crippen molar-refractivity contribution in [1.82, 2.24) is 4.57 Å². The normalized spacial score (nSPS) is 14.9. The summed E-state index contributed by atoms with van der Waals surface area (Å²) in [6.45, 7) is 3.61. The maximum Gasteiger partial charge on any atom is 0.338 e. The lowest BCUT2D eigenvalue weighted by Gasteiger charge is -2.24. The smallest absolute Gasteiger partial charge is 0.338 e. The Balaban J connectivity index is 1.53.